The number of carbonyl (C=O) groups is 2. The number of anilines is 1. The Bertz CT molecular complexity index is 1090. The topological polar surface area (TPSA) is 94.0 Å². The standard InChI is InChI=1S/C20H18N4O4/c25-17(22-13-6-7-15-16(9-13)28-11-27-15)10-21-20(26)18-14-3-1-2-8-24(14)19(23-18)12-4-5-12/h1-3,6-9,12H,4-5,10-11H2,(H,21,26)(H,22,25). The lowest BCUT2D eigenvalue weighted by molar-refractivity contribution is -0.115. The van der Waals surface area contributed by atoms with Crippen LogP contribution in [0.25, 0.3) is 5.52 Å². The minimum absolute atomic E-state index is 0.155. The molecule has 2 aromatic heterocycles. The molecule has 0 atom stereocenters. The van der Waals surface area contributed by atoms with Crippen molar-refractivity contribution in [2.45, 2.75) is 18.8 Å². The third-order valence-corrected chi connectivity index (χ3v) is 4.80. The molecule has 3 heterocycles. The molecule has 0 bridgehead atoms. The van der Waals surface area contributed by atoms with E-state index in [-0.39, 0.29) is 25.2 Å². The fourth-order valence-electron chi connectivity index (χ4n) is 3.28. The van der Waals surface area contributed by atoms with E-state index >= 15 is 0 Å². The van der Waals surface area contributed by atoms with Crippen LogP contribution in [0.15, 0.2) is 42.6 Å². The van der Waals surface area contributed by atoms with Crippen LogP contribution in [0.2, 0.25) is 0 Å². The Morgan fingerprint density at radius 1 is 1.14 bits per heavy atom. The quantitative estimate of drug-likeness (QED) is 0.711. The van der Waals surface area contributed by atoms with Gasteiger partial charge in [-0.25, -0.2) is 4.98 Å². The van der Waals surface area contributed by atoms with E-state index in [4.69, 9.17) is 9.47 Å². The summed E-state index contributed by atoms with van der Waals surface area (Å²) in [5, 5.41) is 5.39. The summed E-state index contributed by atoms with van der Waals surface area (Å²) in [7, 11) is 0. The van der Waals surface area contributed by atoms with E-state index in [1.807, 2.05) is 28.8 Å². The lowest BCUT2D eigenvalue weighted by atomic mass is 10.2. The molecule has 2 aliphatic rings. The van der Waals surface area contributed by atoms with Gasteiger partial charge in [0.05, 0.1) is 12.1 Å². The lowest BCUT2D eigenvalue weighted by Crippen LogP contribution is -2.33. The second kappa shape index (κ2) is 6.56. The molecule has 1 aliphatic heterocycles. The third kappa shape index (κ3) is 3.02. The molecular formula is C20H18N4O4. The van der Waals surface area contributed by atoms with Crippen molar-refractivity contribution in [3.05, 3.63) is 54.1 Å². The fourth-order valence-corrected chi connectivity index (χ4v) is 3.28. The first-order chi connectivity index (χ1) is 13.7. The van der Waals surface area contributed by atoms with Gasteiger partial charge in [-0.1, -0.05) is 6.07 Å². The molecule has 8 heteroatoms. The summed E-state index contributed by atoms with van der Waals surface area (Å²) in [6.45, 7) is 0.0160. The Kier molecular flexibility index (Phi) is 3.89. The average molecular weight is 378 g/mol. The maximum atomic E-state index is 12.6. The summed E-state index contributed by atoms with van der Waals surface area (Å²) >= 11 is 0. The third-order valence-electron chi connectivity index (χ3n) is 4.80. The van der Waals surface area contributed by atoms with Crippen molar-refractivity contribution in [1.82, 2.24) is 14.7 Å². The van der Waals surface area contributed by atoms with Gasteiger partial charge < -0.3 is 24.5 Å². The van der Waals surface area contributed by atoms with Crippen molar-refractivity contribution < 1.29 is 19.1 Å². The van der Waals surface area contributed by atoms with E-state index in [1.54, 1.807) is 18.2 Å². The number of ether oxygens (including phenoxy) is 2. The van der Waals surface area contributed by atoms with E-state index in [0.29, 0.717) is 28.8 Å². The monoisotopic (exact) mass is 378 g/mol. The van der Waals surface area contributed by atoms with Crippen molar-refractivity contribution in [3.8, 4) is 11.5 Å². The van der Waals surface area contributed by atoms with Crippen molar-refractivity contribution in [2.24, 2.45) is 0 Å². The summed E-state index contributed by atoms with van der Waals surface area (Å²) in [4.78, 5) is 29.4. The second-order valence-electron chi connectivity index (χ2n) is 6.85. The van der Waals surface area contributed by atoms with Crippen molar-refractivity contribution in [3.63, 3.8) is 0 Å². The molecule has 0 unspecified atom stereocenters. The molecule has 0 spiro atoms. The highest BCUT2D eigenvalue weighted by Crippen LogP contribution is 2.40. The number of pyridine rings is 1. The zero-order chi connectivity index (χ0) is 19.1. The van der Waals surface area contributed by atoms with Gasteiger partial charge in [-0.15, -0.1) is 0 Å². The number of fused-ring (bicyclic) bond motifs is 2. The zero-order valence-electron chi connectivity index (χ0n) is 15.0. The second-order valence-corrected chi connectivity index (χ2v) is 6.85. The van der Waals surface area contributed by atoms with Crippen LogP contribution in [0.4, 0.5) is 5.69 Å². The molecule has 0 radical (unpaired) electrons. The lowest BCUT2D eigenvalue weighted by Gasteiger charge is -2.07. The Morgan fingerprint density at radius 3 is 2.86 bits per heavy atom. The van der Waals surface area contributed by atoms with Crippen LogP contribution in [-0.4, -0.2) is 34.5 Å². The highest BCUT2D eigenvalue weighted by molar-refractivity contribution is 6.02. The Labute approximate surface area is 160 Å². The predicted octanol–water partition coefficient (Wildman–Crippen LogP) is 2.31. The largest absolute Gasteiger partial charge is 0.454 e. The summed E-state index contributed by atoms with van der Waals surface area (Å²) in [5.74, 6) is 1.84. The maximum absolute atomic E-state index is 12.6. The van der Waals surface area contributed by atoms with Crippen molar-refractivity contribution in [1.29, 1.82) is 0 Å². The molecule has 28 heavy (non-hydrogen) atoms. The van der Waals surface area contributed by atoms with Crippen LogP contribution < -0.4 is 20.1 Å². The van der Waals surface area contributed by atoms with E-state index in [2.05, 4.69) is 15.6 Å². The Hall–Kier alpha value is -3.55. The van der Waals surface area contributed by atoms with Crippen LogP contribution in [0.5, 0.6) is 11.5 Å². The van der Waals surface area contributed by atoms with Crippen LogP contribution >= 0.6 is 0 Å². The molecule has 142 valence electrons. The van der Waals surface area contributed by atoms with Gasteiger partial charge in [0.1, 0.15) is 5.82 Å². The Balaban J connectivity index is 1.26. The number of carbonyl (C=O) groups excluding carboxylic acids is 2. The maximum Gasteiger partial charge on any atom is 0.272 e. The normalized spacial score (nSPS) is 14.9. The van der Waals surface area contributed by atoms with Gasteiger partial charge in [0.25, 0.3) is 5.91 Å². The number of hydrogen-bond acceptors (Lipinski definition) is 5. The zero-order valence-corrected chi connectivity index (χ0v) is 15.0. The van der Waals surface area contributed by atoms with Gasteiger partial charge >= 0.3 is 0 Å². The molecular weight excluding hydrogens is 360 g/mol. The van der Waals surface area contributed by atoms with Gasteiger partial charge in [-0.05, 0) is 37.1 Å². The fraction of sp³-hybridized carbons (Fsp3) is 0.250. The van der Waals surface area contributed by atoms with Gasteiger partial charge in [-0.3, -0.25) is 9.59 Å². The molecule has 5 rings (SSSR count). The van der Waals surface area contributed by atoms with E-state index < -0.39 is 0 Å². The first-order valence-corrected chi connectivity index (χ1v) is 9.14. The number of hydrogen-bond donors (Lipinski definition) is 2. The summed E-state index contributed by atoms with van der Waals surface area (Å²) in [5.41, 5.74) is 1.67. The SMILES string of the molecule is O=C(CNC(=O)c1nc(C2CC2)n2ccccc12)Nc1ccc2c(c1)OCO2. The first-order valence-electron chi connectivity index (χ1n) is 9.14. The average Bonchev–Trinajstić information content (AvgIpc) is 3.31. The van der Waals surface area contributed by atoms with Crippen molar-refractivity contribution >= 4 is 23.0 Å². The number of amides is 2. The molecule has 0 saturated heterocycles. The number of benzene rings is 1. The van der Waals surface area contributed by atoms with E-state index in [9.17, 15) is 9.59 Å². The highest BCUT2D eigenvalue weighted by atomic mass is 16.7. The molecule has 1 saturated carbocycles. The summed E-state index contributed by atoms with van der Waals surface area (Å²) in [6, 6.07) is 10.8. The highest BCUT2D eigenvalue weighted by Gasteiger charge is 2.30. The molecule has 1 aliphatic carbocycles. The van der Waals surface area contributed by atoms with Gasteiger partial charge in [0.15, 0.2) is 17.2 Å². The van der Waals surface area contributed by atoms with Gasteiger partial charge in [0.2, 0.25) is 12.7 Å². The number of nitrogens with one attached hydrogen (secondary N) is 2. The van der Waals surface area contributed by atoms with E-state index in [0.717, 1.165) is 24.2 Å². The number of aromatic nitrogens is 2. The van der Waals surface area contributed by atoms with Crippen molar-refractivity contribution in [2.75, 3.05) is 18.7 Å². The molecule has 1 aromatic carbocycles. The number of imidazole rings is 1. The van der Waals surface area contributed by atoms with Crippen LogP contribution in [0.1, 0.15) is 35.1 Å². The Morgan fingerprint density at radius 2 is 2.00 bits per heavy atom. The molecule has 2 amide bonds. The van der Waals surface area contributed by atoms with Gasteiger partial charge in [0, 0.05) is 23.9 Å². The first kappa shape index (κ1) is 16.6. The molecule has 2 N–H and O–H groups in total. The van der Waals surface area contributed by atoms with Crippen LogP contribution in [0, 0.1) is 0 Å². The smallest absolute Gasteiger partial charge is 0.272 e. The summed E-state index contributed by atoms with van der Waals surface area (Å²) in [6.07, 6.45) is 4.10. The number of rotatable bonds is 5. The predicted molar refractivity (Wildman–Crippen MR) is 101 cm³/mol. The molecule has 1 fully saturated rings. The summed E-state index contributed by atoms with van der Waals surface area (Å²) < 4.78 is 12.5. The minimum Gasteiger partial charge on any atom is -0.454 e. The molecule has 3 aromatic rings. The van der Waals surface area contributed by atoms with Crippen LogP contribution in [-0.2, 0) is 4.79 Å². The minimum atomic E-state index is -0.364. The van der Waals surface area contributed by atoms with E-state index in [1.165, 1.54) is 0 Å². The number of nitrogens with zero attached hydrogens (tertiary/aromatic N) is 2. The van der Waals surface area contributed by atoms with Gasteiger partial charge in [-0.2, -0.15) is 0 Å². The molecule has 8 nitrogen and oxygen atoms in total. The van der Waals surface area contributed by atoms with Crippen LogP contribution in [0.3, 0.4) is 0 Å².